The quantitative estimate of drug-likeness (QED) is 0.679. The standard InChI is InChI=1S/C15H31NO/c1-7-10-15(5,11-8-2)14(3,4)12-9-13(17)16-6/h7-12H2,1-6H3,(H,16,17). The van der Waals surface area contributed by atoms with E-state index in [1.807, 2.05) is 0 Å². The lowest BCUT2D eigenvalue weighted by Gasteiger charge is -2.45. The van der Waals surface area contributed by atoms with Gasteiger partial charge >= 0.3 is 0 Å². The molecule has 17 heavy (non-hydrogen) atoms. The number of hydrogen-bond acceptors (Lipinski definition) is 1. The van der Waals surface area contributed by atoms with E-state index in [1.165, 1.54) is 25.7 Å². The van der Waals surface area contributed by atoms with E-state index in [2.05, 4.69) is 39.9 Å². The Labute approximate surface area is 108 Å². The Balaban J connectivity index is 4.64. The van der Waals surface area contributed by atoms with E-state index in [0.717, 1.165) is 6.42 Å². The predicted octanol–water partition coefficient (Wildman–Crippen LogP) is 4.15. The maximum absolute atomic E-state index is 11.4. The van der Waals surface area contributed by atoms with Gasteiger partial charge in [-0.2, -0.15) is 0 Å². The summed E-state index contributed by atoms with van der Waals surface area (Å²) in [5.74, 6) is 0.161. The summed E-state index contributed by atoms with van der Waals surface area (Å²) in [6.45, 7) is 11.5. The molecule has 0 rings (SSSR count). The van der Waals surface area contributed by atoms with Gasteiger partial charge in [-0.1, -0.05) is 47.5 Å². The van der Waals surface area contributed by atoms with Crippen LogP contribution in [0.2, 0.25) is 0 Å². The molecule has 0 spiro atoms. The number of nitrogens with one attached hydrogen (secondary N) is 1. The smallest absolute Gasteiger partial charge is 0.219 e. The van der Waals surface area contributed by atoms with Crippen molar-refractivity contribution in [3.63, 3.8) is 0 Å². The van der Waals surface area contributed by atoms with Crippen molar-refractivity contribution in [2.45, 2.75) is 73.1 Å². The average molecular weight is 241 g/mol. The van der Waals surface area contributed by atoms with Gasteiger partial charge in [0.2, 0.25) is 5.91 Å². The van der Waals surface area contributed by atoms with Crippen molar-refractivity contribution in [3.8, 4) is 0 Å². The topological polar surface area (TPSA) is 29.1 Å². The van der Waals surface area contributed by atoms with Crippen LogP contribution in [-0.4, -0.2) is 13.0 Å². The highest BCUT2D eigenvalue weighted by molar-refractivity contribution is 5.75. The minimum Gasteiger partial charge on any atom is -0.359 e. The van der Waals surface area contributed by atoms with Crippen LogP contribution in [0.5, 0.6) is 0 Å². The van der Waals surface area contributed by atoms with Crippen LogP contribution >= 0.6 is 0 Å². The summed E-state index contributed by atoms with van der Waals surface area (Å²) in [4.78, 5) is 11.4. The highest BCUT2D eigenvalue weighted by atomic mass is 16.1. The Kier molecular flexibility index (Phi) is 6.81. The molecule has 0 aromatic rings. The minimum absolute atomic E-state index is 0.161. The summed E-state index contributed by atoms with van der Waals surface area (Å²) >= 11 is 0. The first-order valence-corrected chi connectivity index (χ1v) is 7.03. The molecule has 0 heterocycles. The van der Waals surface area contributed by atoms with E-state index in [9.17, 15) is 4.79 Å². The highest BCUT2D eigenvalue weighted by Crippen LogP contribution is 2.48. The molecule has 2 nitrogen and oxygen atoms in total. The Morgan fingerprint density at radius 2 is 1.47 bits per heavy atom. The summed E-state index contributed by atoms with van der Waals surface area (Å²) in [6, 6.07) is 0. The van der Waals surface area contributed by atoms with Crippen molar-refractivity contribution in [2.24, 2.45) is 10.8 Å². The number of carbonyl (C=O) groups excluding carboxylic acids is 1. The number of rotatable bonds is 8. The Hall–Kier alpha value is -0.530. The highest BCUT2D eigenvalue weighted by Gasteiger charge is 2.39. The van der Waals surface area contributed by atoms with E-state index in [1.54, 1.807) is 7.05 Å². The minimum atomic E-state index is 0.161. The lowest BCUT2D eigenvalue weighted by molar-refractivity contribution is -0.121. The first-order chi connectivity index (χ1) is 7.83. The SMILES string of the molecule is CCCC(C)(CCC)C(C)(C)CCC(=O)NC. The third-order valence-electron chi connectivity index (χ3n) is 4.49. The molecule has 2 heteroatoms. The first-order valence-electron chi connectivity index (χ1n) is 7.03. The summed E-state index contributed by atoms with van der Waals surface area (Å²) in [5.41, 5.74) is 0.579. The van der Waals surface area contributed by atoms with Crippen LogP contribution in [-0.2, 0) is 4.79 Å². The van der Waals surface area contributed by atoms with E-state index in [-0.39, 0.29) is 11.3 Å². The van der Waals surface area contributed by atoms with Gasteiger partial charge < -0.3 is 5.32 Å². The third-order valence-corrected chi connectivity index (χ3v) is 4.49. The maximum Gasteiger partial charge on any atom is 0.219 e. The fraction of sp³-hybridized carbons (Fsp3) is 0.933. The monoisotopic (exact) mass is 241 g/mol. The Morgan fingerprint density at radius 3 is 1.82 bits per heavy atom. The molecule has 0 saturated heterocycles. The van der Waals surface area contributed by atoms with E-state index < -0.39 is 0 Å². The van der Waals surface area contributed by atoms with Crippen LogP contribution < -0.4 is 5.32 Å². The van der Waals surface area contributed by atoms with Crippen molar-refractivity contribution in [1.29, 1.82) is 0 Å². The second-order valence-corrected chi connectivity index (χ2v) is 6.12. The zero-order valence-corrected chi connectivity index (χ0v) is 12.7. The van der Waals surface area contributed by atoms with Gasteiger partial charge in [0, 0.05) is 13.5 Å². The maximum atomic E-state index is 11.4. The van der Waals surface area contributed by atoms with Crippen LogP contribution in [0.15, 0.2) is 0 Å². The molecule has 0 unspecified atom stereocenters. The van der Waals surface area contributed by atoms with Gasteiger partial charge in [-0.15, -0.1) is 0 Å². The molecule has 0 bridgehead atoms. The first kappa shape index (κ1) is 16.5. The van der Waals surface area contributed by atoms with Crippen molar-refractivity contribution < 1.29 is 4.79 Å². The van der Waals surface area contributed by atoms with E-state index >= 15 is 0 Å². The second-order valence-electron chi connectivity index (χ2n) is 6.12. The molecule has 0 atom stereocenters. The van der Waals surface area contributed by atoms with Gasteiger partial charge in [-0.25, -0.2) is 0 Å². The van der Waals surface area contributed by atoms with Crippen LogP contribution in [0.3, 0.4) is 0 Å². The van der Waals surface area contributed by atoms with Crippen LogP contribution in [0.25, 0.3) is 0 Å². The molecule has 0 aliphatic rings. The largest absolute Gasteiger partial charge is 0.359 e. The third kappa shape index (κ3) is 4.69. The van der Waals surface area contributed by atoms with Crippen molar-refractivity contribution in [1.82, 2.24) is 5.32 Å². The van der Waals surface area contributed by atoms with Crippen molar-refractivity contribution in [2.75, 3.05) is 7.05 Å². The average Bonchev–Trinajstić information content (AvgIpc) is 2.26. The van der Waals surface area contributed by atoms with Gasteiger partial charge in [-0.05, 0) is 30.1 Å². The number of amides is 1. The van der Waals surface area contributed by atoms with Crippen molar-refractivity contribution in [3.05, 3.63) is 0 Å². The lowest BCUT2D eigenvalue weighted by atomic mass is 9.60. The zero-order chi connectivity index (χ0) is 13.5. The molecule has 102 valence electrons. The molecule has 0 aliphatic heterocycles. The van der Waals surface area contributed by atoms with Gasteiger partial charge in [-0.3, -0.25) is 4.79 Å². The summed E-state index contributed by atoms with van der Waals surface area (Å²) in [6.07, 6.45) is 6.57. The molecule has 0 aromatic carbocycles. The lowest BCUT2D eigenvalue weighted by Crippen LogP contribution is -2.36. The Bertz CT molecular complexity index is 227. The molecule has 0 radical (unpaired) electrons. The molecular weight excluding hydrogens is 210 g/mol. The molecule has 0 aliphatic carbocycles. The predicted molar refractivity (Wildman–Crippen MR) is 75.0 cm³/mol. The summed E-state index contributed by atoms with van der Waals surface area (Å²) in [5, 5.41) is 2.71. The van der Waals surface area contributed by atoms with E-state index in [0.29, 0.717) is 11.8 Å². The van der Waals surface area contributed by atoms with Gasteiger partial charge in [0.1, 0.15) is 0 Å². The van der Waals surface area contributed by atoms with Crippen LogP contribution in [0.1, 0.15) is 73.1 Å². The summed E-state index contributed by atoms with van der Waals surface area (Å²) < 4.78 is 0. The van der Waals surface area contributed by atoms with Crippen molar-refractivity contribution >= 4 is 5.91 Å². The second kappa shape index (κ2) is 7.03. The van der Waals surface area contributed by atoms with Crippen LogP contribution in [0, 0.1) is 10.8 Å². The van der Waals surface area contributed by atoms with Gasteiger partial charge in [0.05, 0.1) is 0 Å². The molecule has 0 fully saturated rings. The fourth-order valence-electron chi connectivity index (χ4n) is 2.76. The molecule has 0 saturated carbocycles. The molecule has 0 aromatic heterocycles. The van der Waals surface area contributed by atoms with Gasteiger partial charge in [0.15, 0.2) is 0 Å². The number of carbonyl (C=O) groups is 1. The molecule has 1 N–H and O–H groups in total. The molecule has 1 amide bonds. The zero-order valence-electron chi connectivity index (χ0n) is 12.7. The van der Waals surface area contributed by atoms with Crippen LogP contribution in [0.4, 0.5) is 0 Å². The normalized spacial score (nSPS) is 12.6. The summed E-state index contributed by atoms with van der Waals surface area (Å²) in [7, 11) is 1.71. The van der Waals surface area contributed by atoms with Gasteiger partial charge in [0.25, 0.3) is 0 Å². The van der Waals surface area contributed by atoms with E-state index in [4.69, 9.17) is 0 Å². The Morgan fingerprint density at radius 1 is 1.00 bits per heavy atom. The fourth-order valence-corrected chi connectivity index (χ4v) is 2.76. The molecular formula is C15H31NO. The number of hydrogen-bond donors (Lipinski definition) is 1.